The van der Waals surface area contributed by atoms with Gasteiger partial charge in [0.05, 0.1) is 13.0 Å². The second-order valence-electron chi connectivity index (χ2n) is 4.70. The van der Waals surface area contributed by atoms with E-state index in [2.05, 4.69) is 4.74 Å². The van der Waals surface area contributed by atoms with Crippen LogP contribution in [0.25, 0.3) is 0 Å². The molecule has 21 heavy (non-hydrogen) atoms. The third-order valence-electron chi connectivity index (χ3n) is 3.21. The summed E-state index contributed by atoms with van der Waals surface area (Å²) in [6.45, 7) is 6.48. The number of rotatable bonds is 8. The molecule has 0 rings (SSSR count). The molecule has 8 heteroatoms. The van der Waals surface area contributed by atoms with Crippen molar-refractivity contribution in [2.45, 2.75) is 26.9 Å². The smallest absolute Gasteiger partial charge is 0.469 e. The number of carbonyl (C=O) groups excluding carboxylic acids is 2. The summed E-state index contributed by atoms with van der Waals surface area (Å²) in [6.07, 6.45) is -4.95. The number of likely N-dealkylation sites (N-methyl/N-ethyl adjacent to an activating group) is 1. The van der Waals surface area contributed by atoms with E-state index in [1.807, 2.05) is 18.7 Å². The van der Waals surface area contributed by atoms with E-state index in [0.717, 1.165) is 7.11 Å². The van der Waals surface area contributed by atoms with E-state index in [1.165, 1.54) is 6.92 Å². The average molecular weight is 312 g/mol. The Morgan fingerprint density at radius 1 is 1.14 bits per heavy atom. The number of amides is 1. The molecule has 0 fully saturated rings. The van der Waals surface area contributed by atoms with Crippen molar-refractivity contribution in [2.24, 2.45) is 5.92 Å². The van der Waals surface area contributed by atoms with Crippen LogP contribution in [0.2, 0.25) is 0 Å². The quantitative estimate of drug-likeness (QED) is 0.638. The number of alkyl halides is 3. The topological polar surface area (TPSA) is 49.9 Å². The lowest BCUT2D eigenvalue weighted by Gasteiger charge is -2.28. The van der Waals surface area contributed by atoms with Gasteiger partial charge in [-0.2, -0.15) is 13.2 Å². The maximum atomic E-state index is 12.6. The minimum absolute atomic E-state index is 0.0820. The standard InChI is InChI=1S/C13H23F3N2O3/c1-5-17(6-2)7-8-18(12(20)13(14,15)16)9-10(3)11(19)21-4/h10H,5-9H2,1-4H3. The minimum Gasteiger partial charge on any atom is -0.469 e. The third kappa shape index (κ3) is 6.79. The first-order valence-electron chi connectivity index (χ1n) is 6.83. The van der Waals surface area contributed by atoms with Gasteiger partial charge in [-0.15, -0.1) is 0 Å². The van der Waals surface area contributed by atoms with Crippen molar-refractivity contribution in [3.8, 4) is 0 Å². The lowest BCUT2D eigenvalue weighted by Crippen LogP contribution is -2.47. The molecule has 0 aromatic carbocycles. The van der Waals surface area contributed by atoms with Gasteiger partial charge in [0, 0.05) is 19.6 Å². The highest BCUT2D eigenvalue weighted by Crippen LogP contribution is 2.19. The normalized spacial score (nSPS) is 13.1. The Kier molecular flexibility index (Phi) is 8.31. The largest absolute Gasteiger partial charge is 0.471 e. The Morgan fingerprint density at radius 2 is 1.67 bits per heavy atom. The molecule has 0 aromatic heterocycles. The van der Waals surface area contributed by atoms with Crippen molar-refractivity contribution in [2.75, 3.05) is 39.8 Å². The van der Waals surface area contributed by atoms with Crippen LogP contribution in [0.3, 0.4) is 0 Å². The van der Waals surface area contributed by atoms with Gasteiger partial charge in [-0.1, -0.05) is 20.8 Å². The maximum Gasteiger partial charge on any atom is 0.471 e. The lowest BCUT2D eigenvalue weighted by atomic mass is 10.1. The molecule has 0 spiro atoms. The molecule has 0 N–H and O–H groups in total. The summed E-state index contributed by atoms with van der Waals surface area (Å²) in [5, 5.41) is 0. The molecule has 0 aromatic rings. The zero-order valence-corrected chi connectivity index (χ0v) is 12.9. The number of carbonyl (C=O) groups is 2. The molecule has 0 saturated heterocycles. The summed E-state index contributed by atoms with van der Waals surface area (Å²) in [7, 11) is 1.16. The predicted octanol–water partition coefficient (Wildman–Crippen LogP) is 1.53. The molecule has 0 aliphatic rings. The van der Waals surface area contributed by atoms with Crippen LogP contribution in [-0.4, -0.2) is 67.7 Å². The van der Waals surface area contributed by atoms with Crippen molar-refractivity contribution in [3.63, 3.8) is 0 Å². The first-order chi connectivity index (χ1) is 9.67. The summed E-state index contributed by atoms with van der Waals surface area (Å²) in [4.78, 5) is 25.3. The molecule has 0 heterocycles. The van der Waals surface area contributed by atoms with E-state index in [-0.39, 0.29) is 13.1 Å². The summed E-state index contributed by atoms with van der Waals surface area (Å²) >= 11 is 0. The molecule has 1 unspecified atom stereocenters. The zero-order valence-electron chi connectivity index (χ0n) is 12.9. The highest BCUT2D eigenvalue weighted by atomic mass is 19.4. The third-order valence-corrected chi connectivity index (χ3v) is 3.21. The SMILES string of the molecule is CCN(CC)CCN(CC(C)C(=O)OC)C(=O)C(F)(F)F. The van der Waals surface area contributed by atoms with Crippen LogP contribution >= 0.6 is 0 Å². The Bertz CT molecular complexity index is 344. The average Bonchev–Trinajstić information content (AvgIpc) is 2.44. The zero-order chi connectivity index (χ0) is 16.6. The molecule has 5 nitrogen and oxygen atoms in total. The fourth-order valence-electron chi connectivity index (χ4n) is 1.86. The number of hydrogen-bond donors (Lipinski definition) is 0. The monoisotopic (exact) mass is 312 g/mol. The number of ether oxygens (including phenoxy) is 1. The lowest BCUT2D eigenvalue weighted by molar-refractivity contribution is -0.186. The van der Waals surface area contributed by atoms with Crippen LogP contribution in [0.5, 0.6) is 0 Å². The van der Waals surface area contributed by atoms with Crippen LogP contribution in [-0.2, 0) is 14.3 Å². The Balaban J connectivity index is 4.85. The van der Waals surface area contributed by atoms with Crippen molar-refractivity contribution in [1.82, 2.24) is 9.80 Å². The van der Waals surface area contributed by atoms with E-state index >= 15 is 0 Å². The van der Waals surface area contributed by atoms with E-state index in [0.29, 0.717) is 24.5 Å². The minimum atomic E-state index is -4.95. The molecule has 0 aliphatic heterocycles. The van der Waals surface area contributed by atoms with Gasteiger partial charge in [0.25, 0.3) is 0 Å². The maximum absolute atomic E-state index is 12.6. The number of halogens is 3. The summed E-state index contributed by atoms with van der Waals surface area (Å²) in [6, 6.07) is 0. The van der Waals surface area contributed by atoms with Crippen LogP contribution in [0.15, 0.2) is 0 Å². The van der Waals surface area contributed by atoms with E-state index < -0.39 is 24.0 Å². The highest BCUT2D eigenvalue weighted by Gasteiger charge is 2.43. The molecular weight excluding hydrogens is 289 g/mol. The molecule has 0 radical (unpaired) electrons. The fraction of sp³-hybridized carbons (Fsp3) is 0.846. The second kappa shape index (κ2) is 8.86. The Morgan fingerprint density at radius 3 is 2.05 bits per heavy atom. The number of esters is 1. The summed E-state index contributed by atoms with van der Waals surface area (Å²) in [5.41, 5.74) is 0. The molecule has 0 saturated carbocycles. The van der Waals surface area contributed by atoms with Gasteiger partial charge < -0.3 is 14.5 Å². The van der Waals surface area contributed by atoms with Gasteiger partial charge in [0.1, 0.15) is 0 Å². The van der Waals surface area contributed by atoms with Gasteiger partial charge in [-0.3, -0.25) is 9.59 Å². The Hall–Kier alpha value is -1.31. The molecule has 124 valence electrons. The van der Waals surface area contributed by atoms with Gasteiger partial charge in [-0.25, -0.2) is 0 Å². The van der Waals surface area contributed by atoms with Gasteiger partial charge in [0.15, 0.2) is 0 Å². The van der Waals surface area contributed by atoms with Gasteiger partial charge in [0.2, 0.25) is 0 Å². The van der Waals surface area contributed by atoms with Crippen molar-refractivity contribution in [3.05, 3.63) is 0 Å². The van der Waals surface area contributed by atoms with Crippen LogP contribution < -0.4 is 0 Å². The van der Waals surface area contributed by atoms with E-state index in [9.17, 15) is 22.8 Å². The molecule has 0 bridgehead atoms. The molecule has 1 atom stereocenters. The summed E-state index contributed by atoms with van der Waals surface area (Å²) < 4.78 is 42.3. The number of hydrogen-bond acceptors (Lipinski definition) is 4. The Labute approximate surface area is 123 Å². The van der Waals surface area contributed by atoms with Crippen molar-refractivity contribution < 1.29 is 27.5 Å². The van der Waals surface area contributed by atoms with E-state index in [1.54, 1.807) is 0 Å². The first-order valence-corrected chi connectivity index (χ1v) is 6.83. The van der Waals surface area contributed by atoms with Gasteiger partial charge >= 0.3 is 18.1 Å². The molecule has 1 amide bonds. The van der Waals surface area contributed by atoms with Crippen LogP contribution in [0.1, 0.15) is 20.8 Å². The number of nitrogens with zero attached hydrogens (tertiary/aromatic N) is 2. The highest BCUT2D eigenvalue weighted by molar-refractivity contribution is 5.82. The first kappa shape index (κ1) is 19.7. The summed E-state index contributed by atoms with van der Waals surface area (Å²) in [5.74, 6) is -3.37. The fourth-order valence-corrected chi connectivity index (χ4v) is 1.86. The predicted molar refractivity (Wildman–Crippen MR) is 71.6 cm³/mol. The van der Waals surface area contributed by atoms with Crippen molar-refractivity contribution >= 4 is 11.9 Å². The van der Waals surface area contributed by atoms with Crippen LogP contribution in [0, 0.1) is 5.92 Å². The van der Waals surface area contributed by atoms with Crippen molar-refractivity contribution in [1.29, 1.82) is 0 Å². The van der Waals surface area contributed by atoms with Gasteiger partial charge in [-0.05, 0) is 13.1 Å². The van der Waals surface area contributed by atoms with E-state index in [4.69, 9.17) is 0 Å². The molecular formula is C13H23F3N2O3. The molecule has 0 aliphatic carbocycles. The second-order valence-corrected chi connectivity index (χ2v) is 4.70. The van der Waals surface area contributed by atoms with Crippen LogP contribution in [0.4, 0.5) is 13.2 Å². The number of methoxy groups -OCH3 is 1.